The van der Waals surface area contributed by atoms with E-state index < -0.39 is 0 Å². The number of H-pyrrole nitrogens is 1. The normalized spacial score (nSPS) is 11.6. The molecular weight excluding hydrogens is 274 g/mol. The Labute approximate surface area is 131 Å². The van der Waals surface area contributed by atoms with Gasteiger partial charge in [0.2, 0.25) is 0 Å². The minimum atomic E-state index is 0.922. The number of aromatic nitrogens is 4. The van der Waals surface area contributed by atoms with Crippen LogP contribution in [0.2, 0.25) is 0 Å². The molecule has 3 rings (SSSR count). The van der Waals surface area contributed by atoms with Crippen LogP contribution in [0.1, 0.15) is 25.2 Å². The van der Waals surface area contributed by atoms with Gasteiger partial charge in [0.15, 0.2) is 0 Å². The van der Waals surface area contributed by atoms with Crippen LogP contribution in [-0.2, 0) is 19.5 Å². The van der Waals surface area contributed by atoms with E-state index in [0.717, 1.165) is 49.5 Å². The molecule has 22 heavy (non-hydrogen) atoms. The topological polar surface area (TPSA) is 49.7 Å². The van der Waals surface area contributed by atoms with Crippen LogP contribution < -0.4 is 0 Å². The van der Waals surface area contributed by atoms with Crippen LogP contribution in [-0.4, -0.2) is 37.7 Å². The van der Waals surface area contributed by atoms with Crippen molar-refractivity contribution in [2.45, 2.75) is 33.4 Å². The lowest BCUT2D eigenvalue weighted by molar-refractivity contribution is 0.282. The number of aromatic amines is 1. The van der Waals surface area contributed by atoms with Gasteiger partial charge in [-0.25, -0.2) is 4.98 Å². The van der Waals surface area contributed by atoms with Crippen molar-refractivity contribution in [2.24, 2.45) is 0 Å². The van der Waals surface area contributed by atoms with Crippen LogP contribution in [0, 0.1) is 0 Å². The monoisotopic (exact) mass is 297 g/mol. The molecule has 0 unspecified atom stereocenters. The molecule has 0 atom stereocenters. The Morgan fingerprint density at radius 1 is 1.23 bits per heavy atom. The van der Waals surface area contributed by atoms with E-state index in [-0.39, 0.29) is 0 Å². The second-order valence-electron chi connectivity index (χ2n) is 5.52. The Kier molecular flexibility index (Phi) is 4.53. The largest absolute Gasteiger partial charge is 0.342 e. The molecule has 0 aliphatic heterocycles. The van der Waals surface area contributed by atoms with E-state index in [0.29, 0.717) is 0 Å². The lowest BCUT2D eigenvalue weighted by atomic mass is 10.3. The Bertz CT molecular complexity index is 694. The molecule has 0 spiro atoms. The van der Waals surface area contributed by atoms with Crippen molar-refractivity contribution in [3.8, 4) is 0 Å². The summed E-state index contributed by atoms with van der Waals surface area (Å²) in [7, 11) is 0. The molecule has 0 aliphatic carbocycles. The van der Waals surface area contributed by atoms with Crippen molar-refractivity contribution >= 4 is 11.0 Å². The first kappa shape index (κ1) is 14.8. The molecule has 2 aromatic heterocycles. The fourth-order valence-electron chi connectivity index (χ4n) is 2.66. The maximum atomic E-state index is 4.64. The maximum Gasteiger partial charge on any atom is 0.108 e. The number of hydrogen-bond donors (Lipinski definition) is 1. The second-order valence-corrected chi connectivity index (χ2v) is 5.52. The number of nitrogens with zero attached hydrogens (tertiary/aromatic N) is 4. The van der Waals surface area contributed by atoms with Gasteiger partial charge in [-0.1, -0.05) is 19.1 Å². The summed E-state index contributed by atoms with van der Waals surface area (Å²) in [6, 6.07) is 8.18. The maximum absolute atomic E-state index is 4.64. The Morgan fingerprint density at radius 3 is 2.82 bits per heavy atom. The molecule has 1 N–H and O–H groups in total. The highest BCUT2D eigenvalue weighted by Crippen LogP contribution is 2.11. The van der Waals surface area contributed by atoms with Crippen LogP contribution in [0.15, 0.2) is 36.7 Å². The minimum Gasteiger partial charge on any atom is -0.342 e. The summed E-state index contributed by atoms with van der Waals surface area (Å²) in [6.07, 6.45) is 5.03. The van der Waals surface area contributed by atoms with Crippen molar-refractivity contribution in [3.63, 3.8) is 0 Å². The van der Waals surface area contributed by atoms with Crippen molar-refractivity contribution < 1.29 is 0 Å². The van der Waals surface area contributed by atoms with E-state index in [9.17, 15) is 0 Å². The number of para-hydroxylation sites is 2. The van der Waals surface area contributed by atoms with Crippen molar-refractivity contribution in [2.75, 3.05) is 13.1 Å². The molecule has 5 nitrogen and oxygen atoms in total. The highest BCUT2D eigenvalue weighted by Gasteiger charge is 2.08. The molecule has 3 aromatic rings. The van der Waals surface area contributed by atoms with Gasteiger partial charge in [0.25, 0.3) is 0 Å². The van der Waals surface area contributed by atoms with Gasteiger partial charge in [-0.3, -0.25) is 9.58 Å². The predicted molar refractivity (Wildman–Crippen MR) is 88.6 cm³/mol. The minimum absolute atomic E-state index is 0.922. The summed E-state index contributed by atoms with van der Waals surface area (Å²) in [6.45, 7) is 8.19. The zero-order valence-corrected chi connectivity index (χ0v) is 13.3. The molecule has 0 saturated heterocycles. The third kappa shape index (κ3) is 3.36. The van der Waals surface area contributed by atoms with E-state index in [1.54, 1.807) is 0 Å². The van der Waals surface area contributed by atoms with Gasteiger partial charge in [-0.15, -0.1) is 0 Å². The molecule has 116 valence electrons. The molecule has 1 aromatic carbocycles. The van der Waals surface area contributed by atoms with E-state index in [4.69, 9.17) is 0 Å². The number of hydrogen-bond acceptors (Lipinski definition) is 3. The van der Waals surface area contributed by atoms with E-state index in [1.165, 1.54) is 5.56 Å². The smallest absolute Gasteiger partial charge is 0.108 e. The number of imidazole rings is 1. The molecule has 5 heteroatoms. The van der Waals surface area contributed by atoms with Crippen molar-refractivity contribution in [1.82, 2.24) is 24.6 Å². The molecule has 0 bridgehead atoms. The number of aryl methyl sites for hydroxylation is 1. The molecular formula is C17H23N5. The number of nitrogens with one attached hydrogen (secondary N) is 1. The average molecular weight is 297 g/mol. The van der Waals surface area contributed by atoms with Crippen molar-refractivity contribution in [3.05, 3.63) is 48.0 Å². The van der Waals surface area contributed by atoms with Crippen LogP contribution >= 0.6 is 0 Å². The molecule has 0 aliphatic rings. The first-order chi connectivity index (χ1) is 10.8. The van der Waals surface area contributed by atoms with Gasteiger partial charge in [-0.05, 0) is 25.6 Å². The third-order valence-electron chi connectivity index (χ3n) is 3.97. The first-order valence-corrected chi connectivity index (χ1v) is 7.95. The Balaban J connectivity index is 1.60. The summed E-state index contributed by atoms with van der Waals surface area (Å²) in [5.41, 5.74) is 3.43. The van der Waals surface area contributed by atoms with Gasteiger partial charge < -0.3 is 4.98 Å². The Morgan fingerprint density at radius 2 is 2.09 bits per heavy atom. The average Bonchev–Trinajstić information content (AvgIpc) is 3.17. The summed E-state index contributed by atoms with van der Waals surface area (Å²) in [4.78, 5) is 10.5. The zero-order valence-electron chi connectivity index (χ0n) is 13.3. The van der Waals surface area contributed by atoms with Gasteiger partial charge in [0.1, 0.15) is 5.82 Å². The lowest BCUT2D eigenvalue weighted by Gasteiger charge is -2.18. The SMILES string of the molecule is CCN(CCc1nc2ccccc2[nH]1)Cc1cnn(CC)c1. The van der Waals surface area contributed by atoms with Crippen LogP contribution in [0.25, 0.3) is 11.0 Å². The third-order valence-corrected chi connectivity index (χ3v) is 3.97. The highest BCUT2D eigenvalue weighted by atomic mass is 15.3. The number of likely N-dealkylation sites (N-methyl/N-ethyl adjacent to an activating group) is 1. The van der Waals surface area contributed by atoms with Crippen molar-refractivity contribution in [1.29, 1.82) is 0 Å². The standard InChI is InChI=1S/C17H23N5/c1-3-21(12-14-11-18-22(4-2)13-14)10-9-17-19-15-7-5-6-8-16(15)20-17/h5-8,11,13H,3-4,9-10,12H2,1-2H3,(H,19,20). The number of benzene rings is 1. The Hall–Kier alpha value is -2.14. The summed E-state index contributed by atoms with van der Waals surface area (Å²) in [5, 5.41) is 4.34. The molecule has 0 saturated carbocycles. The summed E-state index contributed by atoms with van der Waals surface area (Å²) in [5.74, 6) is 1.06. The fourth-order valence-corrected chi connectivity index (χ4v) is 2.66. The van der Waals surface area contributed by atoms with Crippen LogP contribution in [0.5, 0.6) is 0 Å². The van der Waals surface area contributed by atoms with E-state index in [1.807, 2.05) is 29.1 Å². The van der Waals surface area contributed by atoms with Crippen LogP contribution in [0.4, 0.5) is 0 Å². The van der Waals surface area contributed by atoms with E-state index in [2.05, 4.69) is 46.1 Å². The number of rotatable bonds is 7. The van der Waals surface area contributed by atoms with E-state index >= 15 is 0 Å². The van der Waals surface area contributed by atoms with Gasteiger partial charge in [0, 0.05) is 37.8 Å². The van der Waals surface area contributed by atoms with Gasteiger partial charge in [0.05, 0.1) is 17.2 Å². The predicted octanol–water partition coefficient (Wildman–Crippen LogP) is 2.84. The quantitative estimate of drug-likeness (QED) is 0.729. The summed E-state index contributed by atoms with van der Waals surface area (Å²) >= 11 is 0. The fraction of sp³-hybridized carbons (Fsp3) is 0.412. The molecule has 2 heterocycles. The highest BCUT2D eigenvalue weighted by molar-refractivity contribution is 5.74. The van der Waals surface area contributed by atoms with Gasteiger partial charge >= 0.3 is 0 Å². The van der Waals surface area contributed by atoms with Crippen LogP contribution in [0.3, 0.4) is 0 Å². The molecule has 0 amide bonds. The molecule has 0 fully saturated rings. The zero-order chi connectivity index (χ0) is 15.4. The summed E-state index contributed by atoms with van der Waals surface area (Å²) < 4.78 is 1.97. The number of fused-ring (bicyclic) bond motifs is 1. The first-order valence-electron chi connectivity index (χ1n) is 7.95. The molecule has 0 radical (unpaired) electrons. The lowest BCUT2D eigenvalue weighted by Crippen LogP contribution is -2.25. The second kappa shape index (κ2) is 6.75. The van der Waals surface area contributed by atoms with Gasteiger partial charge in [-0.2, -0.15) is 5.10 Å².